The third-order valence-electron chi connectivity index (χ3n) is 5.15. The molecule has 1 saturated heterocycles. The number of rotatable bonds is 5. The van der Waals surface area contributed by atoms with Crippen LogP contribution >= 0.6 is 0 Å². The molecule has 9 heteroatoms. The van der Waals surface area contributed by atoms with Crippen molar-refractivity contribution in [3.8, 4) is 0 Å². The zero-order valence-corrected chi connectivity index (χ0v) is 14.8. The van der Waals surface area contributed by atoms with E-state index in [1.807, 2.05) is 0 Å². The Morgan fingerprint density at radius 2 is 2.00 bits per heavy atom. The molecule has 4 rings (SSSR count). The van der Waals surface area contributed by atoms with Crippen LogP contribution in [-0.4, -0.2) is 31.4 Å². The Hall–Kier alpha value is -1.84. The standard InChI is InChI=1S/C17H19F2N3O3S/c18-14-3-1-4-15(19)16(14)17(6-2-7-17)21-26(23,24)13-9-20-22(10-13)12-5-8-25-11-12/h1,3-4,9-10,12,21H,2,5-8,11H2. The van der Waals surface area contributed by atoms with E-state index in [0.717, 1.165) is 18.6 Å². The molecule has 1 N–H and O–H groups in total. The van der Waals surface area contributed by atoms with E-state index in [1.54, 1.807) is 4.68 Å². The minimum absolute atomic E-state index is 0.000579. The molecule has 1 aromatic carbocycles. The molecule has 6 nitrogen and oxygen atoms in total. The smallest absolute Gasteiger partial charge is 0.244 e. The van der Waals surface area contributed by atoms with E-state index in [2.05, 4.69) is 9.82 Å². The van der Waals surface area contributed by atoms with Crippen LogP contribution in [0.5, 0.6) is 0 Å². The highest BCUT2D eigenvalue weighted by Crippen LogP contribution is 2.44. The minimum Gasteiger partial charge on any atom is -0.379 e. The number of ether oxygens (including phenoxy) is 1. The van der Waals surface area contributed by atoms with E-state index in [0.29, 0.717) is 32.5 Å². The van der Waals surface area contributed by atoms with Gasteiger partial charge in [0.05, 0.1) is 24.4 Å². The lowest BCUT2D eigenvalue weighted by Crippen LogP contribution is -2.51. The molecule has 1 aliphatic heterocycles. The third kappa shape index (κ3) is 2.93. The van der Waals surface area contributed by atoms with E-state index in [4.69, 9.17) is 4.74 Å². The number of benzene rings is 1. The maximum atomic E-state index is 14.2. The molecule has 0 bridgehead atoms. The molecular formula is C17H19F2N3O3S. The predicted octanol–water partition coefficient (Wildman–Crippen LogP) is 2.48. The average molecular weight is 383 g/mol. The highest BCUT2D eigenvalue weighted by Gasteiger charge is 2.46. The van der Waals surface area contributed by atoms with Crippen molar-refractivity contribution in [3.05, 3.63) is 47.8 Å². The van der Waals surface area contributed by atoms with Gasteiger partial charge in [0, 0.05) is 18.4 Å². The van der Waals surface area contributed by atoms with Crippen molar-refractivity contribution in [1.29, 1.82) is 0 Å². The zero-order chi connectivity index (χ0) is 18.4. The van der Waals surface area contributed by atoms with Gasteiger partial charge in [-0.2, -0.15) is 5.10 Å². The van der Waals surface area contributed by atoms with Crippen LogP contribution < -0.4 is 4.72 Å². The number of hydrogen-bond acceptors (Lipinski definition) is 4. The van der Waals surface area contributed by atoms with Crippen LogP contribution in [0.3, 0.4) is 0 Å². The van der Waals surface area contributed by atoms with Crippen molar-refractivity contribution < 1.29 is 21.9 Å². The summed E-state index contributed by atoms with van der Waals surface area (Å²) in [5, 5.41) is 4.12. The van der Waals surface area contributed by atoms with Gasteiger partial charge in [-0.3, -0.25) is 4.68 Å². The van der Waals surface area contributed by atoms with Crippen molar-refractivity contribution in [1.82, 2.24) is 14.5 Å². The van der Waals surface area contributed by atoms with Gasteiger partial charge in [0.2, 0.25) is 10.0 Å². The van der Waals surface area contributed by atoms with Gasteiger partial charge in [-0.1, -0.05) is 6.07 Å². The lowest BCUT2D eigenvalue weighted by atomic mass is 9.72. The number of aromatic nitrogens is 2. The van der Waals surface area contributed by atoms with Crippen molar-refractivity contribution in [2.45, 2.75) is 42.2 Å². The van der Waals surface area contributed by atoms with Crippen LogP contribution in [0.2, 0.25) is 0 Å². The second-order valence-electron chi connectivity index (χ2n) is 6.81. The molecule has 0 radical (unpaired) electrons. The van der Waals surface area contributed by atoms with Gasteiger partial charge in [0.15, 0.2) is 0 Å². The number of halogens is 2. The van der Waals surface area contributed by atoms with Gasteiger partial charge in [-0.15, -0.1) is 0 Å². The second kappa shape index (κ2) is 6.40. The first kappa shape index (κ1) is 17.6. The molecule has 2 aliphatic rings. The molecule has 1 atom stereocenters. The van der Waals surface area contributed by atoms with E-state index in [-0.39, 0.29) is 16.5 Å². The van der Waals surface area contributed by atoms with Crippen LogP contribution in [0.1, 0.15) is 37.3 Å². The van der Waals surface area contributed by atoms with Crippen molar-refractivity contribution in [3.63, 3.8) is 0 Å². The lowest BCUT2D eigenvalue weighted by molar-refractivity contribution is 0.184. The summed E-state index contributed by atoms with van der Waals surface area (Å²) >= 11 is 0. The van der Waals surface area contributed by atoms with E-state index in [9.17, 15) is 17.2 Å². The topological polar surface area (TPSA) is 73.2 Å². The summed E-state index contributed by atoms with van der Waals surface area (Å²) in [5.74, 6) is -1.49. The van der Waals surface area contributed by atoms with Gasteiger partial charge >= 0.3 is 0 Å². The molecule has 2 heterocycles. The van der Waals surface area contributed by atoms with Crippen LogP contribution in [0.25, 0.3) is 0 Å². The molecule has 140 valence electrons. The molecule has 1 aromatic heterocycles. The molecule has 26 heavy (non-hydrogen) atoms. The number of nitrogens with one attached hydrogen (secondary N) is 1. The first-order valence-corrected chi connectivity index (χ1v) is 10.00. The van der Waals surface area contributed by atoms with Crippen molar-refractivity contribution in [2.24, 2.45) is 0 Å². The Balaban J connectivity index is 1.64. The average Bonchev–Trinajstić information content (AvgIpc) is 3.23. The summed E-state index contributed by atoms with van der Waals surface area (Å²) in [4.78, 5) is -0.0209. The summed E-state index contributed by atoms with van der Waals surface area (Å²) in [6.45, 7) is 1.10. The largest absolute Gasteiger partial charge is 0.379 e. The SMILES string of the molecule is O=S(=O)(NC1(c2c(F)cccc2F)CCC1)c1cnn(C2CCOC2)c1. The van der Waals surface area contributed by atoms with E-state index >= 15 is 0 Å². The summed E-state index contributed by atoms with van der Waals surface area (Å²) in [6, 6.07) is 3.55. The van der Waals surface area contributed by atoms with Crippen molar-refractivity contribution in [2.75, 3.05) is 13.2 Å². The fourth-order valence-corrected chi connectivity index (χ4v) is 4.97. The molecule has 2 aromatic rings. The molecule has 2 fully saturated rings. The van der Waals surface area contributed by atoms with Crippen LogP contribution in [0, 0.1) is 11.6 Å². The lowest BCUT2D eigenvalue weighted by Gasteiger charge is -2.42. The summed E-state index contributed by atoms with van der Waals surface area (Å²) in [5.41, 5.74) is -1.47. The summed E-state index contributed by atoms with van der Waals surface area (Å²) in [6.07, 6.45) is 4.83. The summed E-state index contributed by atoms with van der Waals surface area (Å²) in [7, 11) is -3.98. The number of nitrogens with zero attached hydrogens (tertiary/aromatic N) is 2. The Bertz CT molecular complexity index is 899. The number of hydrogen-bond donors (Lipinski definition) is 1. The molecular weight excluding hydrogens is 364 g/mol. The fraction of sp³-hybridized carbons (Fsp3) is 0.471. The predicted molar refractivity (Wildman–Crippen MR) is 88.9 cm³/mol. The molecule has 1 aliphatic carbocycles. The fourth-order valence-electron chi connectivity index (χ4n) is 3.59. The Morgan fingerprint density at radius 3 is 2.58 bits per heavy atom. The summed E-state index contributed by atoms with van der Waals surface area (Å²) < 4.78 is 63.5. The molecule has 0 amide bonds. The highest BCUT2D eigenvalue weighted by atomic mass is 32.2. The number of sulfonamides is 1. The van der Waals surface area contributed by atoms with Gasteiger partial charge < -0.3 is 4.74 Å². The van der Waals surface area contributed by atoms with Gasteiger partial charge in [-0.25, -0.2) is 21.9 Å². The van der Waals surface area contributed by atoms with E-state index in [1.165, 1.54) is 18.5 Å². The van der Waals surface area contributed by atoms with Crippen molar-refractivity contribution >= 4 is 10.0 Å². The van der Waals surface area contributed by atoms with Gasteiger partial charge in [0.1, 0.15) is 16.5 Å². The molecule has 1 unspecified atom stereocenters. The quantitative estimate of drug-likeness (QED) is 0.861. The normalized spacial score (nSPS) is 22.3. The Labute approximate surface area is 150 Å². The third-order valence-corrected chi connectivity index (χ3v) is 6.64. The second-order valence-corrected chi connectivity index (χ2v) is 8.49. The zero-order valence-electron chi connectivity index (χ0n) is 14.0. The van der Waals surface area contributed by atoms with Gasteiger partial charge in [-0.05, 0) is 37.8 Å². The Kier molecular flexibility index (Phi) is 4.32. The van der Waals surface area contributed by atoms with E-state index < -0.39 is 27.2 Å². The Morgan fingerprint density at radius 1 is 1.27 bits per heavy atom. The first-order valence-electron chi connectivity index (χ1n) is 8.52. The van der Waals surface area contributed by atoms with Crippen LogP contribution in [0.15, 0.2) is 35.5 Å². The maximum Gasteiger partial charge on any atom is 0.244 e. The minimum atomic E-state index is -3.98. The highest BCUT2D eigenvalue weighted by molar-refractivity contribution is 7.89. The van der Waals surface area contributed by atoms with Crippen LogP contribution in [-0.2, 0) is 20.3 Å². The van der Waals surface area contributed by atoms with Gasteiger partial charge in [0.25, 0.3) is 0 Å². The first-order chi connectivity index (χ1) is 12.4. The monoisotopic (exact) mass is 383 g/mol. The molecule has 1 saturated carbocycles. The van der Waals surface area contributed by atoms with Crippen LogP contribution in [0.4, 0.5) is 8.78 Å². The molecule has 0 spiro atoms. The maximum absolute atomic E-state index is 14.2.